The Labute approximate surface area is 114 Å². The molecule has 0 spiro atoms. The summed E-state index contributed by atoms with van der Waals surface area (Å²) in [5.41, 5.74) is 1.35. The minimum atomic E-state index is 0.533. The molecule has 5 heteroatoms. The Balaban J connectivity index is 1.66. The van der Waals surface area contributed by atoms with Crippen LogP contribution in [0.5, 0.6) is 0 Å². The zero-order valence-electron chi connectivity index (χ0n) is 9.27. The molecule has 0 atom stereocenters. The third-order valence-electron chi connectivity index (χ3n) is 2.83. The van der Waals surface area contributed by atoms with Crippen LogP contribution in [-0.4, -0.2) is 35.3 Å². The standard InChI is InChI=1S/C12H13ClNOS2/c13-10-3-1-9(2-4-10)11-16-12(17-11)14-5-7-15-8-6-14/h1-4,11H,5-8H2/q+1. The minimum absolute atomic E-state index is 0.533. The molecule has 2 heterocycles. The minimum Gasteiger partial charge on any atom is -0.368 e. The summed E-state index contributed by atoms with van der Waals surface area (Å²) in [6.45, 7) is 3.78. The highest BCUT2D eigenvalue weighted by molar-refractivity contribution is 8.52. The quantitative estimate of drug-likeness (QED) is 0.736. The molecule has 2 saturated heterocycles. The van der Waals surface area contributed by atoms with E-state index in [2.05, 4.69) is 16.7 Å². The monoisotopic (exact) mass is 286 g/mol. The van der Waals surface area contributed by atoms with E-state index in [1.54, 1.807) is 0 Å². The summed E-state index contributed by atoms with van der Waals surface area (Å²) < 4.78 is 9.75. The van der Waals surface area contributed by atoms with Crippen LogP contribution in [-0.2, 0) is 4.74 Å². The van der Waals surface area contributed by atoms with E-state index in [-0.39, 0.29) is 0 Å². The number of thioether (sulfide) groups is 2. The molecule has 0 unspecified atom stereocenters. The van der Waals surface area contributed by atoms with Crippen molar-refractivity contribution in [1.29, 1.82) is 0 Å². The van der Waals surface area contributed by atoms with Crippen molar-refractivity contribution in [1.82, 2.24) is 0 Å². The van der Waals surface area contributed by atoms with Crippen LogP contribution >= 0.6 is 35.1 Å². The highest BCUT2D eigenvalue weighted by atomic mass is 35.5. The molecule has 1 aromatic rings. The van der Waals surface area contributed by atoms with Crippen molar-refractivity contribution in [2.24, 2.45) is 0 Å². The second-order valence-electron chi connectivity index (χ2n) is 3.98. The number of nitrogens with zero attached hydrogens (tertiary/aromatic N) is 1. The van der Waals surface area contributed by atoms with Crippen molar-refractivity contribution in [3.63, 3.8) is 0 Å². The zero-order valence-corrected chi connectivity index (χ0v) is 11.7. The van der Waals surface area contributed by atoms with E-state index in [4.69, 9.17) is 16.3 Å². The van der Waals surface area contributed by atoms with Crippen LogP contribution in [0, 0.1) is 0 Å². The summed E-state index contributed by atoms with van der Waals surface area (Å²) in [5, 5.41) is 0.806. The van der Waals surface area contributed by atoms with Crippen molar-refractivity contribution in [3.05, 3.63) is 34.9 Å². The average Bonchev–Trinajstić information content (AvgIpc) is 2.31. The molecule has 0 saturated carbocycles. The molecule has 0 bridgehead atoms. The van der Waals surface area contributed by atoms with E-state index in [0.717, 1.165) is 31.3 Å². The number of ether oxygens (including phenoxy) is 1. The van der Waals surface area contributed by atoms with Gasteiger partial charge in [-0.3, -0.25) is 0 Å². The van der Waals surface area contributed by atoms with Gasteiger partial charge in [-0.05, 0) is 41.2 Å². The van der Waals surface area contributed by atoms with Crippen molar-refractivity contribution in [3.8, 4) is 0 Å². The van der Waals surface area contributed by atoms with Crippen molar-refractivity contribution in [2.45, 2.75) is 4.58 Å². The lowest BCUT2D eigenvalue weighted by Gasteiger charge is -2.26. The van der Waals surface area contributed by atoms with Crippen LogP contribution in [0.15, 0.2) is 24.3 Å². The number of benzene rings is 1. The lowest BCUT2D eigenvalue weighted by Crippen LogP contribution is -2.33. The van der Waals surface area contributed by atoms with Crippen LogP contribution in [0.1, 0.15) is 10.1 Å². The summed E-state index contributed by atoms with van der Waals surface area (Å²) >= 11 is 9.78. The first kappa shape index (κ1) is 11.9. The Morgan fingerprint density at radius 1 is 1.12 bits per heavy atom. The molecule has 0 N–H and O–H groups in total. The first-order chi connectivity index (χ1) is 8.33. The predicted molar refractivity (Wildman–Crippen MR) is 75.2 cm³/mol. The third kappa shape index (κ3) is 2.65. The first-order valence-electron chi connectivity index (χ1n) is 5.61. The first-order valence-corrected chi connectivity index (χ1v) is 7.75. The Hall–Kier alpha value is -0.160. The van der Waals surface area contributed by atoms with Gasteiger partial charge in [-0.1, -0.05) is 23.7 Å². The molecule has 1 aromatic carbocycles. The second-order valence-corrected chi connectivity index (χ2v) is 7.17. The maximum Gasteiger partial charge on any atom is 0.273 e. The Bertz CT molecular complexity index is 430. The van der Waals surface area contributed by atoms with Crippen LogP contribution in [0.3, 0.4) is 0 Å². The molecule has 0 amide bonds. The van der Waals surface area contributed by atoms with Gasteiger partial charge < -0.3 is 4.74 Å². The maximum absolute atomic E-state index is 5.89. The fraction of sp³-hybridized carbons (Fsp3) is 0.417. The van der Waals surface area contributed by atoms with Gasteiger partial charge in [-0.2, -0.15) is 0 Å². The average molecular weight is 287 g/mol. The summed E-state index contributed by atoms with van der Waals surface area (Å²) in [6.07, 6.45) is 0. The van der Waals surface area contributed by atoms with Gasteiger partial charge in [-0.15, -0.1) is 0 Å². The fourth-order valence-electron chi connectivity index (χ4n) is 1.84. The molecule has 0 aromatic heterocycles. The number of halogens is 1. The molecular formula is C12H13ClNOS2+. The Kier molecular flexibility index (Phi) is 3.66. The summed E-state index contributed by atoms with van der Waals surface area (Å²) in [6, 6.07) is 8.15. The maximum atomic E-state index is 5.89. The van der Waals surface area contributed by atoms with E-state index in [9.17, 15) is 0 Å². The van der Waals surface area contributed by atoms with E-state index in [1.165, 1.54) is 9.94 Å². The molecule has 0 radical (unpaired) electrons. The molecular weight excluding hydrogens is 274 g/mol. The van der Waals surface area contributed by atoms with Crippen LogP contribution in [0.25, 0.3) is 0 Å². The molecule has 2 fully saturated rings. The smallest absolute Gasteiger partial charge is 0.273 e. The highest BCUT2D eigenvalue weighted by Gasteiger charge is 2.36. The molecule has 2 nitrogen and oxygen atoms in total. The van der Waals surface area contributed by atoms with Gasteiger partial charge in [0.25, 0.3) is 4.38 Å². The number of morpholine rings is 1. The Morgan fingerprint density at radius 2 is 1.76 bits per heavy atom. The van der Waals surface area contributed by atoms with E-state index in [1.807, 2.05) is 35.7 Å². The van der Waals surface area contributed by atoms with Crippen molar-refractivity contribution in [2.75, 3.05) is 26.3 Å². The summed E-state index contributed by atoms with van der Waals surface area (Å²) in [4.78, 5) is 0. The van der Waals surface area contributed by atoms with E-state index < -0.39 is 0 Å². The third-order valence-corrected chi connectivity index (χ3v) is 6.13. The number of hydrogen-bond donors (Lipinski definition) is 0. The van der Waals surface area contributed by atoms with Gasteiger partial charge in [0.05, 0.1) is 4.58 Å². The zero-order chi connectivity index (χ0) is 11.7. The molecule has 17 heavy (non-hydrogen) atoms. The van der Waals surface area contributed by atoms with Crippen molar-refractivity contribution >= 4 is 39.5 Å². The highest BCUT2D eigenvalue weighted by Crippen LogP contribution is 2.53. The van der Waals surface area contributed by atoms with Gasteiger partial charge >= 0.3 is 0 Å². The van der Waals surface area contributed by atoms with Crippen LogP contribution in [0.4, 0.5) is 0 Å². The van der Waals surface area contributed by atoms with E-state index >= 15 is 0 Å². The van der Waals surface area contributed by atoms with Gasteiger partial charge in [-0.25, -0.2) is 4.58 Å². The van der Waals surface area contributed by atoms with Crippen LogP contribution in [0.2, 0.25) is 5.02 Å². The molecule has 0 aliphatic carbocycles. The predicted octanol–water partition coefficient (Wildman–Crippen LogP) is 3.22. The van der Waals surface area contributed by atoms with Crippen molar-refractivity contribution < 1.29 is 9.31 Å². The van der Waals surface area contributed by atoms with Gasteiger partial charge in [0.2, 0.25) is 0 Å². The number of rotatable bonds is 1. The molecule has 2 aliphatic rings. The largest absolute Gasteiger partial charge is 0.368 e. The number of hydrogen-bond acceptors (Lipinski definition) is 3. The topological polar surface area (TPSA) is 12.2 Å². The normalized spacial score (nSPS) is 24.6. The summed E-state index contributed by atoms with van der Waals surface area (Å²) in [5.74, 6) is 0. The Morgan fingerprint density at radius 3 is 2.41 bits per heavy atom. The molecule has 3 rings (SSSR count). The van der Waals surface area contributed by atoms with Gasteiger partial charge in [0, 0.05) is 5.02 Å². The summed E-state index contributed by atoms with van der Waals surface area (Å²) in [7, 11) is 0. The van der Waals surface area contributed by atoms with E-state index in [0.29, 0.717) is 4.58 Å². The molecule has 90 valence electrons. The van der Waals surface area contributed by atoms with Gasteiger partial charge in [0.1, 0.15) is 13.2 Å². The second kappa shape index (κ2) is 5.22. The lowest BCUT2D eigenvalue weighted by atomic mass is 10.2. The fourth-order valence-corrected chi connectivity index (χ4v) is 4.44. The van der Waals surface area contributed by atoms with Gasteiger partial charge in [0.15, 0.2) is 13.1 Å². The SMILES string of the molecule is Clc1ccc(C2SC(=[N+]3CCOCC3)S2)cc1. The molecule has 2 aliphatic heterocycles. The lowest BCUT2D eigenvalue weighted by molar-refractivity contribution is -0.544. The van der Waals surface area contributed by atoms with Crippen LogP contribution < -0.4 is 0 Å².